The number of halogens is 1. The number of ether oxygens (including phenoxy) is 2. The zero-order valence-corrected chi connectivity index (χ0v) is 11.6. The van der Waals surface area contributed by atoms with Crippen molar-refractivity contribution in [2.45, 2.75) is 38.4 Å². The molecule has 1 aromatic rings. The van der Waals surface area contributed by atoms with E-state index in [0.717, 1.165) is 12.8 Å². The van der Waals surface area contributed by atoms with Crippen LogP contribution in [-0.2, 0) is 4.74 Å². The second-order valence-electron chi connectivity index (χ2n) is 4.87. The molecule has 108 valence electrons. The molecule has 1 saturated heterocycles. The molecule has 20 heavy (non-hydrogen) atoms. The first-order valence-corrected chi connectivity index (χ1v) is 6.86. The Morgan fingerprint density at radius 3 is 3.00 bits per heavy atom. The van der Waals surface area contributed by atoms with Crippen LogP contribution in [0.25, 0.3) is 0 Å². The summed E-state index contributed by atoms with van der Waals surface area (Å²) in [6.07, 6.45) is 2.70. The minimum atomic E-state index is -0.353. The Morgan fingerprint density at radius 2 is 2.30 bits per heavy atom. The molecule has 3 nitrogen and oxygen atoms in total. The molecule has 0 bridgehead atoms. The first kappa shape index (κ1) is 14.8. The maximum absolute atomic E-state index is 13.3. The predicted molar refractivity (Wildman–Crippen MR) is 74.0 cm³/mol. The Bertz CT molecular complexity index is 504. The second-order valence-corrected chi connectivity index (χ2v) is 4.87. The quantitative estimate of drug-likeness (QED) is 0.860. The number of hydrogen-bond donors (Lipinski definition) is 1. The Balaban J connectivity index is 2.02. The lowest BCUT2D eigenvalue weighted by atomic mass is 10.2. The van der Waals surface area contributed by atoms with Gasteiger partial charge in [-0.15, -0.1) is 0 Å². The summed E-state index contributed by atoms with van der Waals surface area (Å²) in [5.74, 6) is 5.77. The van der Waals surface area contributed by atoms with Crippen LogP contribution in [-0.4, -0.2) is 30.5 Å². The normalized spacial score (nSPS) is 21.4. The molecule has 0 spiro atoms. The van der Waals surface area contributed by atoms with Gasteiger partial charge in [-0.2, -0.15) is 0 Å². The van der Waals surface area contributed by atoms with Crippen molar-refractivity contribution in [3.63, 3.8) is 0 Å². The Morgan fingerprint density at radius 1 is 1.45 bits per heavy atom. The van der Waals surface area contributed by atoms with Crippen LogP contribution in [0.1, 0.15) is 31.7 Å². The molecule has 1 heterocycles. The summed E-state index contributed by atoms with van der Waals surface area (Å²) in [7, 11) is 0. The van der Waals surface area contributed by atoms with Gasteiger partial charge in [0.1, 0.15) is 18.2 Å². The van der Waals surface area contributed by atoms with E-state index in [9.17, 15) is 4.39 Å². The molecule has 1 N–H and O–H groups in total. The number of benzene rings is 1. The molecule has 1 fully saturated rings. The molecule has 2 atom stereocenters. The van der Waals surface area contributed by atoms with Gasteiger partial charge in [0.25, 0.3) is 0 Å². The highest BCUT2D eigenvalue weighted by molar-refractivity contribution is 5.46. The van der Waals surface area contributed by atoms with Crippen molar-refractivity contribution in [1.29, 1.82) is 0 Å². The second kappa shape index (κ2) is 7.28. The monoisotopic (exact) mass is 278 g/mol. The number of rotatable bonds is 4. The van der Waals surface area contributed by atoms with Crippen molar-refractivity contribution in [3.05, 3.63) is 29.6 Å². The van der Waals surface area contributed by atoms with Crippen LogP contribution in [0.4, 0.5) is 4.39 Å². The highest BCUT2D eigenvalue weighted by Crippen LogP contribution is 2.23. The van der Waals surface area contributed by atoms with Gasteiger partial charge in [0.05, 0.1) is 24.4 Å². The van der Waals surface area contributed by atoms with Gasteiger partial charge >= 0.3 is 0 Å². The van der Waals surface area contributed by atoms with Gasteiger partial charge in [0, 0.05) is 12.5 Å². The van der Waals surface area contributed by atoms with Crippen molar-refractivity contribution < 1.29 is 19.0 Å². The number of aliphatic hydroxyl groups excluding tert-OH is 1. The molecule has 1 aliphatic heterocycles. The Labute approximate surface area is 118 Å². The summed E-state index contributed by atoms with van der Waals surface area (Å²) in [5.41, 5.74) is 0.630. The third-order valence-electron chi connectivity index (χ3n) is 3.15. The molecule has 0 saturated carbocycles. The number of hydrogen-bond acceptors (Lipinski definition) is 3. The lowest BCUT2D eigenvalue weighted by Gasteiger charge is -2.13. The van der Waals surface area contributed by atoms with Crippen molar-refractivity contribution in [2.24, 2.45) is 0 Å². The minimum absolute atomic E-state index is 0.0121. The standard InChI is InChI=1S/C16H19FO3/c1-12-5-8-15(20-12)11-19-16-10-14(17)7-6-13(16)4-2-3-9-18/h6-7,10,12,15,18H,3,5,8-9,11H2,1H3. The van der Waals surface area contributed by atoms with Gasteiger partial charge in [-0.25, -0.2) is 4.39 Å². The molecule has 2 rings (SSSR count). The fraction of sp³-hybridized carbons (Fsp3) is 0.500. The lowest BCUT2D eigenvalue weighted by Crippen LogP contribution is -2.18. The van der Waals surface area contributed by atoms with Gasteiger partial charge in [-0.05, 0) is 31.9 Å². The third-order valence-corrected chi connectivity index (χ3v) is 3.15. The van der Waals surface area contributed by atoms with E-state index < -0.39 is 0 Å². The molecule has 1 aliphatic rings. The van der Waals surface area contributed by atoms with Crippen LogP contribution >= 0.6 is 0 Å². The number of aliphatic hydroxyl groups is 1. The van der Waals surface area contributed by atoms with Crippen LogP contribution in [0, 0.1) is 17.7 Å². The fourth-order valence-corrected chi connectivity index (χ4v) is 2.12. The zero-order chi connectivity index (χ0) is 14.4. The van der Waals surface area contributed by atoms with E-state index in [1.54, 1.807) is 6.07 Å². The topological polar surface area (TPSA) is 38.7 Å². The highest BCUT2D eigenvalue weighted by Gasteiger charge is 2.22. The van der Waals surface area contributed by atoms with Crippen LogP contribution < -0.4 is 4.74 Å². The summed E-state index contributed by atoms with van der Waals surface area (Å²) in [6.45, 7) is 2.45. The van der Waals surface area contributed by atoms with E-state index >= 15 is 0 Å². The predicted octanol–water partition coefficient (Wildman–Crippen LogP) is 2.51. The van der Waals surface area contributed by atoms with Crippen LogP contribution in [0.5, 0.6) is 5.75 Å². The van der Waals surface area contributed by atoms with Crippen LogP contribution in [0.15, 0.2) is 18.2 Å². The minimum Gasteiger partial charge on any atom is -0.489 e. The molecular formula is C16H19FO3. The maximum atomic E-state index is 13.3. The van der Waals surface area contributed by atoms with E-state index in [2.05, 4.69) is 11.8 Å². The van der Waals surface area contributed by atoms with Crippen molar-refractivity contribution in [3.8, 4) is 17.6 Å². The average molecular weight is 278 g/mol. The van der Waals surface area contributed by atoms with Gasteiger partial charge in [-0.1, -0.05) is 11.8 Å². The Hall–Kier alpha value is -1.57. The summed E-state index contributed by atoms with van der Waals surface area (Å²) in [5, 5.41) is 8.72. The SMILES string of the molecule is CC1CCC(COc2cc(F)ccc2C#CCCO)O1. The van der Waals surface area contributed by atoms with Crippen molar-refractivity contribution in [1.82, 2.24) is 0 Å². The molecule has 4 heteroatoms. The largest absolute Gasteiger partial charge is 0.489 e. The van der Waals surface area contributed by atoms with E-state index in [4.69, 9.17) is 14.6 Å². The van der Waals surface area contributed by atoms with Gasteiger partial charge in [0.2, 0.25) is 0 Å². The average Bonchev–Trinajstić information content (AvgIpc) is 2.84. The molecule has 0 amide bonds. The maximum Gasteiger partial charge on any atom is 0.137 e. The molecule has 0 aromatic heterocycles. The van der Waals surface area contributed by atoms with Crippen LogP contribution in [0.3, 0.4) is 0 Å². The molecule has 0 aliphatic carbocycles. The summed E-state index contributed by atoms with van der Waals surface area (Å²) < 4.78 is 24.6. The lowest BCUT2D eigenvalue weighted by molar-refractivity contribution is 0.0263. The molecule has 1 aromatic carbocycles. The van der Waals surface area contributed by atoms with E-state index in [1.807, 2.05) is 6.92 Å². The Kier molecular flexibility index (Phi) is 5.40. The third kappa shape index (κ3) is 4.22. The van der Waals surface area contributed by atoms with E-state index in [1.165, 1.54) is 12.1 Å². The highest BCUT2D eigenvalue weighted by atomic mass is 19.1. The summed E-state index contributed by atoms with van der Waals surface area (Å²) in [6, 6.07) is 4.28. The van der Waals surface area contributed by atoms with Gasteiger partial charge in [-0.3, -0.25) is 0 Å². The van der Waals surface area contributed by atoms with Crippen LogP contribution in [0.2, 0.25) is 0 Å². The summed E-state index contributed by atoms with van der Waals surface area (Å²) >= 11 is 0. The summed E-state index contributed by atoms with van der Waals surface area (Å²) in [4.78, 5) is 0. The fourth-order valence-electron chi connectivity index (χ4n) is 2.12. The molecule has 0 radical (unpaired) electrons. The molecular weight excluding hydrogens is 259 g/mol. The smallest absolute Gasteiger partial charge is 0.137 e. The first-order valence-electron chi connectivity index (χ1n) is 6.86. The van der Waals surface area contributed by atoms with Crippen molar-refractivity contribution in [2.75, 3.05) is 13.2 Å². The van der Waals surface area contributed by atoms with Gasteiger partial charge in [0.15, 0.2) is 0 Å². The molecule has 2 unspecified atom stereocenters. The van der Waals surface area contributed by atoms with E-state index in [-0.39, 0.29) is 24.6 Å². The van der Waals surface area contributed by atoms with Crippen molar-refractivity contribution >= 4 is 0 Å². The first-order chi connectivity index (χ1) is 9.69. The van der Waals surface area contributed by atoms with E-state index in [0.29, 0.717) is 24.3 Å². The zero-order valence-electron chi connectivity index (χ0n) is 11.6. The van der Waals surface area contributed by atoms with Gasteiger partial charge < -0.3 is 14.6 Å².